The van der Waals surface area contributed by atoms with E-state index >= 15 is 0 Å². The monoisotopic (exact) mass is 233 g/mol. The fraction of sp³-hybridized carbons (Fsp3) is 0.385. The van der Waals surface area contributed by atoms with E-state index in [9.17, 15) is 9.59 Å². The van der Waals surface area contributed by atoms with Crippen LogP contribution in [0.4, 0.5) is 4.79 Å². The van der Waals surface area contributed by atoms with Gasteiger partial charge < -0.3 is 4.74 Å². The lowest BCUT2D eigenvalue weighted by Crippen LogP contribution is -2.31. The zero-order chi connectivity index (χ0) is 12.3. The third kappa shape index (κ3) is 2.64. The van der Waals surface area contributed by atoms with Crippen molar-refractivity contribution in [3.63, 3.8) is 0 Å². The van der Waals surface area contributed by atoms with Crippen LogP contribution in [0, 0.1) is 0 Å². The first-order valence-electron chi connectivity index (χ1n) is 5.74. The van der Waals surface area contributed by atoms with Crippen molar-refractivity contribution in [1.29, 1.82) is 0 Å². The minimum absolute atomic E-state index is 0.233. The smallest absolute Gasteiger partial charge is 0.417 e. The molecule has 0 spiro atoms. The van der Waals surface area contributed by atoms with Crippen LogP contribution in [0.15, 0.2) is 30.3 Å². The molecule has 2 amide bonds. The standard InChI is InChI=1S/C13H15NO3/c1-10-12(15)14(13(16)17-10)9-5-8-11-6-3-2-4-7-11/h2-4,6-7,10H,5,8-9H2,1H3. The van der Waals surface area contributed by atoms with E-state index in [1.807, 2.05) is 30.3 Å². The molecule has 0 radical (unpaired) electrons. The normalized spacial score (nSPS) is 19.6. The Morgan fingerprint density at radius 2 is 1.94 bits per heavy atom. The molecule has 1 atom stereocenters. The van der Waals surface area contributed by atoms with Crippen LogP contribution in [0.5, 0.6) is 0 Å². The highest BCUT2D eigenvalue weighted by atomic mass is 16.6. The highest BCUT2D eigenvalue weighted by molar-refractivity contribution is 5.99. The zero-order valence-electron chi connectivity index (χ0n) is 9.76. The molecule has 1 heterocycles. The van der Waals surface area contributed by atoms with Crippen molar-refractivity contribution in [1.82, 2.24) is 4.90 Å². The summed E-state index contributed by atoms with van der Waals surface area (Å²) in [7, 11) is 0. The van der Waals surface area contributed by atoms with Gasteiger partial charge in [0.05, 0.1) is 0 Å². The largest absolute Gasteiger partial charge is 0.436 e. The van der Waals surface area contributed by atoms with Crippen LogP contribution < -0.4 is 0 Å². The van der Waals surface area contributed by atoms with Crippen LogP contribution in [0.25, 0.3) is 0 Å². The van der Waals surface area contributed by atoms with Gasteiger partial charge in [-0.2, -0.15) is 0 Å². The van der Waals surface area contributed by atoms with E-state index < -0.39 is 12.2 Å². The average molecular weight is 233 g/mol. The van der Waals surface area contributed by atoms with Crippen molar-refractivity contribution in [3.8, 4) is 0 Å². The number of hydrogen-bond donors (Lipinski definition) is 0. The number of amides is 2. The Morgan fingerprint density at radius 3 is 2.53 bits per heavy atom. The van der Waals surface area contributed by atoms with Gasteiger partial charge in [0, 0.05) is 6.54 Å². The molecule has 1 aliphatic rings. The molecule has 4 heteroatoms. The molecule has 0 N–H and O–H groups in total. The predicted octanol–water partition coefficient (Wildman–Crippen LogP) is 1.99. The zero-order valence-corrected chi connectivity index (χ0v) is 9.76. The van der Waals surface area contributed by atoms with Crippen LogP contribution in [0.2, 0.25) is 0 Å². The van der Waals surface area contributed by atoms with Crippen molar-refractivity contribution >= 4 is 12.0 Å². The van der Waals surface area contributed by atoms with Crippen molar-refractivity contribution in [3.05, 3.63) is 35.9 Å². The van der Waals surface area contributed by atoms with Crippen LogP contribution in [0.3, 0.4) is 0 Å². The van der Waals surface area contributed by atoms with E-state index in [1.165, 1.54) is 10.5 Å². The fourth-order valence-corrected chi connectivity index (χ4v) is 1.86. The van der Waals surface area contributed by atoms with Crippen molar-refractivity contribution in [2.45, 2.75) is 25.9 Å². The molecular formula is C13H15NO3. The minimum atomic E-state index is -0.626. The number of aryl methyl sites for hydroxylation is 1. The van der Waals surface area contributed by atoms with Crippen LogP contribution in [-0.4, -0.2) is 29.5 Å². The van der Waals surface area contributed by atoms with Gasteiger partial charge in [-0.3, -0.25) is 4.79 Å². The van der Waals surface area contributed by atoms with E-state index in [0.717, 1.165) is 12.8 Å². The number of carbonyl (C=O) groups is 2. The summed E-state index contributed by atoms with van der Waals surface area (Å²) in [6.45, 7) is 2.02. The number of rotatable bonds is 4. The molecule has 0 aromatic heterocycles. The van der Waals surface area contributed by atoms with Gasteiger partial charge in [-0.05, 0) is 25.3 Å². The van der Waals surface area contributed by atoms with Crippen molar-refractivity contribution in [2.75, 3.05) is 6.54 Å². The Labute approximate surface area is 100 Å². The number of imide groups is 1. The van der Waals surface area contributed by atoms with Crippen LogP contribution >= 0.6 is 0 Å². The number of hydrogen-bond acceptors (Lipinski definition) is 3. The Kier molecular flexibility index (Phi) is 3.42. The summed E-state index contributed by atoms with van der Waals surface area (Å²) in [5.74, 6) is -0.233. The summed E-state index contributed by atoms with van der Waals surface area (Å²) in [4.78, 5) is 24.0. The first-order chi connectivity index (χ1) is 8.18. The second-order valence-corrected chi connectivity index (χ2v) is 4.11. The lowest BCUT2D eigenvalue weighted by atomic mass is 10.1. The molecule has 1 fully saturated rings. The van der Waals surface area contributed by atoms with E-state index in [-0.39, 0.29) is 5.91 Å². The summed E-state index contributed by atoms with van der Waals surface area (Å²) >= 11 is 0. The molecule has 1 aromatic rings. The van der Waals surface area contributed by atoms with E-state index in [2.05, 4.69) is 0 Å². The molecule has 0 bridgehead atoms. The molecule has 0 aliphatic carbocycles. The Balaban J connectivity index is 1.83. The topological polar surface area (TPSA) is 46.6 Å². The average Bonchev–Trinajstić information content (AvgIpc) is 2.57. The molecule has 17 heavy (non-hydrogen) atoms. The maximum absolute atomic E-state index is 11.5. The quantitative estimate of drug-likeness (QED) is 0.799. The molecule has 1 unspecified atom stereocenters. The molecule has 90 valence electrons. The molecule has 0 saturated carbocycles. The molecule has 4 nitrogen and oxygen atoms in total. The number of cyclic esters (lactones) is 1. The lowest BCUT2D eigenvalue weighted by Gasteiger charge is -2.10. The predicted molar refractivity (Wildman–Crippen MR) is 62.4 cm³/mol. The summed E-state index contributed by atoms with van der Waals surface area (Å²) < 4.78 is 4.83. The van der Waals surface area contributed by atoms with Gasteiger partial charge in [0.25, 0.3) is 5.91 Å². The molecule has 2 rings (SSSR count). The van der Waals surface area contributed by atoms with E-state index in [1.54, 1.807) is 6.92 Å². The van der Waals surface area contributed by atoms with Gasteiger partial charge in [-0.25, -0.2) is 9.69 Å². The first kappa shape index (κ1) is 11.6. The van der Waals surface area contributed by atoms with E-state index in [0.29, 0.717) is 6.54 Å². The summed E-state index contributed by atoms with van der Waals surface area (Å²) in [5, 5.41) is 0. The number of ether oxygens (including phenoxy) is 1. The van der Waals surface area contributed by atoms with Gasteiger partial charge in [0.15, 0.2) is 6.10 Å². The number of carbonyl (C=O) groups excluding carboxylic acids is 2. The van der Waals surface area contributed by atoms with Gasteiger partial charge in [0.1, 0.15) is 0 Å². The second kappa shape index (κ2) is 4.99. The maximum Gasteiger partial charge on any atom is 0.417 e. The highest BCUT2D eigenvalue weighted by Gasteiger charge is 2.36. The molecular weight excluding hydrogens is 218 g/mol. The van der Waals surface area contributed by atoms with Gasteiger partial charge in [-0.15, -0.1) is 0 Å². The highest BCUT2D eigenvalue weighted by Crippen LogP contribution is 2.13. The van der Waals surface area contributed by atoms with E-state index in [4.69, 9.17) is 4.74 Å². The molecule has 1 aliphatic heterocycles. The first-order valence-corrected chi connectivity index (χ1v) is 5.74. The summed E-state index contributed by atoms with van der Waals surface area (Å²) in [5.41, 5.74) is 1.21. The molecule has 1 aromatic carbocycles. The fourth-order valence-electron chi connectivity index (χ4n) is 1.86. The van der Waals surface area contributed by atoms with Gasteiger partial charge >= 0.3 is 6.09 Å². The Morgan fingerprint density at radius 1 is 1.24 bits per heavy atom. The summed E-state index contributed by atoms with van der Waals surface area (Å²) in [6, 6.07) is 9.99. The summed E-state index contributed by atoms with van der Waals surface area (Å²) in [6.07, 6.45) is 0.471. The lowest BCUT2D eigenvalue weighted by molar-refractivity contribution is -0.129. The van der Waals surface area contributed by atoms with Gasteiger partial charge in [-0.1, -0.05) is 30.3 Å². The SMILES string of the molecule is CC1OC(=O)N(CCCc2ccccc2)C1=O. The Bertz CT molecular complexity index is 416. The number of nitrogens with zero attached hydrogens (tertiary/aromatic N) is 1. The Hall–Kier alpha value is -1.84. The van der Waals surface area contributed by atoms with Crippen molar-refractivity contribution < 1.29 is 14.3 Å². The maximum atomic E-state index is 11.5. The molecule has 1 saturated heterocycles. The minimum Gasteiger partial charge on any atom is -0.436 e. The van der Waals surface area contributed by atoms with Crippen LogP contribution in [0.1, 0.15) is 18.9 Å². The van der Waals surface area contributed by atoms with Crippen LogP contribution in [-0.2, 0) is 16.0 Å². The number of benzene rings is 1. The van der Waals surface area contributed by atoms with Gasteiger partial charge in [0.2, 0.25) is 0 Å². The second-order valence-electron chi connectivity index (χ2n) is 4.11. The third-order valence-corrected chi connectivity index (χ3v) is 2.80. The third-order valence-electron chi connectivity index (χ3n) is 2.80. The van der Waals surface area contributed by atoms with Crippen molar-refractivity contribution in [2.24, 2.45) is 0 Å².